The quantitative estimate of drug-likeness (QED) is 0.693. The van der Waals surface area contributed by atoms with Crippen molar-refractivity contribution in [3.05, 3.63) is 11.5 Å². The van der Waals surface area contributed by atoms with Gasteiger partial charge in [-0.25, -0.2) is 4.79 Å². The average Bonchev–Trinajstić information content (AvgIpc) is 2.35. The zero-order valence-corrected chi connectivity index (χ0v) is 7.17. The standard InChI is InChI=1S/C7H10N2O3/c1-4-6(5(2)12-9-4)8-7(10)11-3/h1-3H3,(H,8,10). The minimum absolute atomic E-state index is 0.524. The Kier molecular flexibility index (Phi) is 2.32. The van der Waals surface area contributed by atoms with Gasteiger partial charge in [0.15, 0.2) is 5.76 Å². The number of amides is 1. The summed E-state index contributed by atoms with van der Waals surface area (Å²) >= 11 is 0. The fraction of sp³-hybridized carbons (Fsp3) is 0.429. The van der Waals surface area contributed by atoms with Crippen LogP contribution in [0.4, 0.5) is 10.5 Å². The molecule has 1 rings (SSSR count). The summed E-state index contributed by atoms with van der Waals surface area (Å²) in [7, 11) is 1.30. The molecule has 0 saturated heterocycles. The summed E-state index contributed by atoms with van der Waals surface area (Å²) in [6.07, 6.45) is -0.524. The van der Waals surface area contributed by atoms with Gasteiger partial charge in [-0.3, -0.25) is 5.32 Å². The maximum Gasteiger partial charge on any atom is 0.411 e. The molecule has 5 nitrogen and oxygen atoms in total. The minimum Gasteiger partial charge on any atom is -0.453 e. The van der Waals surface area contributed by atoms with Crippen LogP contribution in [0.3, 0.4) is 0 Å². The molecule has 0 saturated carbocycles. The van der Waals surface area contributed by atoms with Gasteiger partial charge in [-0.05, 0) is 13.8 Å². The lowest BCUT2D eigenvalue weighted by Gasteiger charge is -2.00. The average molecular weight is 170 g/mol. The summed E-state index contributed by atoms with van der Waals surface area (Å²) in [4.78, 5) is 10.8. The van der Waals surface area contributed by atoms with Crippen molar-refractivity contribution in [2.75, 3.05) is 12.4 Å². The van der Waals surface area contributed by atoms with Gasteiger partial charge in [-0.15, -0.1) is 0 Å². The SMILES string of the molecule is COC(=O)Nc1c(C)noc1C. The van der Waals surface area contributed by atoms with Crippen molar-refractivity contribution in [3.63, 3.8) is 0 Å². The van der Waals surface area contributed by atoms with Gasteiger partial charge >= 0.3 is 6.09 Å². The van der Waals surface area contributed by atoms with Gasteiger partial charge in [0.05, 0.1) is 7.11 Å². The molecule has 0 aliphatic carbocycles. The first-order valence-electron chi connectivity index (χ1n) is 3.43. The molecule has 66 valence electrons. The van der Waals surface area contributed by atoms with Crippen molar-refractivity contribution in [1.29, 1.82) is 0 Å². The van der Waals surface area contributed by atoms with Crippen molar-refractivity contribution in [1.82, 2.24) is 5.16 Å². The number of aryl methyl sites for hydroxylation is 2. The molecule has 1 aromatic rings. The first-order chi connectivity index (χ1) is 5.65. The highest BCUT2D eigenvalue weighted by atomic mass is 16.5. The Labute approximate surface area is 69.7 Å². The van der Waals surface area contributed by atoms with Crippen molar-refractivity contribution < 1.29 is 14.1 Å². The number of carbonyl (C=O) groups excluding carboxylic acids is 1. The van der Waals surface area contributed by atoms with E-state index in [1.54, 1.807) is 13.8 Å². The topological polar surface area (TPSA) is 64.4 Å². The Bertz CT molecular complexity index is 273. The number of hydrogen-bond donors (Lipinski definition) is 1. The molecule has 0 bridgehead atoms. The van der Waals surface area contributed by atoms with Crippen molar-refractivity contribution in [2.24, 2.45) is 0 Å². The van der Waals surface area contributed by atoms with E-state index >= 15 is 0 Å². The number of methoxy groups -OCH3 is 1. The number of anilines is 1. The number of hydrogen-bond acceptors (Lipinski definition) is 4. The fourth-order valence-electron chi connectivity index (χ4n) is 0.815. The van der Waals surface area contributed by atoms with Crippen LogP contribution < -0.4 is 5.32 Å². The Balaban J connectivity index is 2.80. The lowest BCUT2D eigenvalue weighted by molar-refractivity contribution is 0.187. The zero-order chi connectivity index (χ0) is 9.14. The predicted molar refractivity (Wildman–Crippen MR) is 42.0 cm³/mol. The van der Waals surface area contributed by atoms with Crippen LogP contribution in [0.15, 0.2) is 4.52 Å². The molecular weight excluding hydrogens is 160 g/mol. The molecule has 0 aromatic carbocycles. The second kappa shape index (κ2) is 3.25. The number of ether oxygens (including phenoxy) is 1. The predicted octanol–water partition coefficient (Wildman–Crippen LogP) is 1.47. The zero-order valence-electron chi connectivity index (χ0n) is 7.17. The summed E-state index contributed by atoms with van der Waals surface area (Å²) < 4.78 is 9.23. The minimum atomic E-state index is -0.524. The number of nitrogens with zero attached hydrogens (tertiary/aromatic N) is 1. The third kappa shape index (κ3) is 1.55. The van der Waals surface area contributed by atoms with Crippen LogP contribution in [-0.4, -0.2) is 18.4 Å². The van der Waals surface area contributed by atoms with Gasteiger partial charge in [0.1, 0.15) is 11.4 Å². The second-order valence-corrected chi connectivity index (χ2v) is 2.32. The maximum absolute atomic E-state index is 10.8. The molecule has 1 amide bonds. The van der Waals surface area contributed by atoms with Crippen molar-refractivity contribution in [2.45, 2.75) is 13.8 Å². The summed E-state index contributed by atoms with van der Waals surface area (Å²) in [6.45, 7) is 3.45. The van der Waals surface area contributed by atoms with Gasteiger partial charge in [-0.1, -0.05) is 5.16 Å². The van der Waals surface area contributed by atoms with Crippen molar-refractivity contribution >= 4 is 11.8 Å². The summed E-state index contributed by atoms with van der Waals surface area (Å²) in [5.74, 6) is 0.568. The summed E-state index contributed by atoms with van der Waals surface area (Å²) in [5, 5.41) is 6.15. The Hall–Kier alpha value is -1.52. The van der Waals surface area contributed by atoms with Gasteiger partial charge < -0.3 is 9.26 Å². The molecular formula is C7H10N2O3. The first-order valence-corrected chi connectivity index (χ1v) is 3.43. The van der Waals surface area contributed by atoms with E-state index in [4.69, 9.17) is 4.52 Å². The van der Waals surface area contributed by atoms with Crippen molar-refractivity contribution in [3.8, 4) is 0 Å². The number of rotatable bonds is 1. The Morgan fingerprint density at radius 2 is 2.25 bits per heavy atom. The van der Waals surface area contributed by atoms with Gasteiger partial charge in [-0.2, -0.15) is 0 Å². The van der Waals surface area contributed by atoms with Gasteiger partial charge in [0.2, 0.25) is 0 Å². The van der Waals surface area contributed by atoms with Crippen LogP contribution >= 0.6 is 0 Å². The molecule has 0 aliphatic heterocycles. The van der Waals surface area contributed by atoms with Crippen LogP contribution in [0.5, 0.6) is 0 Å². The third-order valence-electron chi connectivity index (χ3n) is 1.45. The number of nitrogens with one attached hydrogen (secondary N) is 1. The first kappa shape index (κ1) is 8.58. The van der Waals surface area contributed by atoms with Gasteiger partial charge in [0.25, 0.3) is 0 Å². The van der Waals surface area contributed by atoms with E-state index in [-0.39, 0.29) is 0 Å². The maximum atomic E-state index is 10.8. The van der Waals surface area contributed by atoms with E-state index in [0.717, 1.165) is 0 Å². The van der Waals surface area contributed by atoms with E-state index in [1.807, 2.05) is 0 Å². The molecule has 0 aliphatic rings. The molecule has 0 atom stereocenters. The lowest BCUT2D eigenvalue weighted by Crippen LogP contribution is -2.11. The van der Waals surface area contributed by atoms with E-state index in [2.05, 4.69) is 15.2 Å². The molecule has 1 heterocycles. The van der Waals surface area contributed by atoms with E-state index in [9.17, 15) is 4.79 Å². The monoisotopic (exact) mass is 170 g/mol. The normalized spacial score (nSPS) is 9.58. The molecule has 12 heavy (non-hydrogen) atoms. The van der Waals surface area contributed by atoms with Crippen LogP contribution in [0.25, 0.3) is 0 Å². The number of carbonyl (C=O) groups is 1. The molecule has 0 spiro atoms. The fourth-order valence-corrected chi connectivity index (χ4v) is 0.815. The Morgan fingerprint density at radius 3 is 2.67 bits per heavy atom. The van der Waals surface area contributed by atoms with Crippen LogP contribution in [0.2, 0.25) is 0 Å². The van der Waals surface area contributed by atoms with Gasteiger partial charge in [0, 0.05) is 0 Å². The highest BCUT2D eigenvalue weighted by molar-refractivity contribution is 5.85. The largest absolute Gasteiger partial charge is 0.453 e. The van der Waals surface area contributed by atoms with Crippen LogP contribution in [0, 0.1) is 13.8 Å². The molecule has 0 unspecified atom stereocenters. The third-order valence-corrected chi connectivity index (χ3v) is 1.45. The van der Waals surface area contributed by atoms with E-state index in [1.165, 1.54) is 7.11 Å². The molecule has 1 aromatic heterocycles. The van der Waals surface area contributed by atoms with Crippen LogP contribution in [0.1, 0.15) is 11.5 Å². The highest BCUT2D eigenvalue weighted by Crippen LogP contribution is 2.18. The van der Waals surface area contributed by atoms with Crippen LogP contribution in [-0.2, 0) is 4.74 Å². The summed E-state index contributed by atoms with van der Waals surface area (Å²) in [6, 6.07) is 0. The second-order valence-electron chi connectivity index (χ2n) is 2.32. The van der Waals surface area contributed by atoms with E-state index < -0.39 is 6.09 Å². The molecule has 0 fully saturated rings. The Morgan fingerprint density at radius 1 is 1.58 bits per heavy atom. The number of aromatic nitrogens is 1. The summed E-state index contributed by atoms with van der Waals surface area (Å²) in [5.41, 5.74) is 1.21. The highest BCUT2D eigenvalue weighted by Gasteiger charge is 2.11. The molecule has 5 heteroatoms. The molecule has 0 radical (unpaired) electrons. The van der Waals surface area contributed by atoms with E-state index in [0.29, 0.717) is 17.1 Å². The molecule has 1 N–H and O–H groups in total. The lowest BCUT2D eigenvalue weighted by atomic mass is 10.3. The smallest absolute Gasteiger partial charge is 0.411 e.